The van der Waals surface area contributed by atoms with Crippen LogP contribution in [0.2, 0.25) is 0 Å². The highest BCUT2D eigenvalue weighted by molar-refractivity contribution is 6.18. The molecular weight excluding hydrogens is 350 g/mol. The zero-order chi connectivity index (χ0) is 18.5. The summed E-state index contributed by atoms with van der Waals surface area (Å²) in [6.07, 6.45) is 4.98. The second-order valence-electron chi connectivity index (χ2n) is 8.34. The highest BCUT2D eigenvalue weighted by atomic mass is 35.5. The quantitative estimate of drug-likeness (QED) is 0.769. The number of carbonyl (C=O) groups is 2. The number of Topliss-reactive ketones (excluding diaryl/α,β-unsaturated/α-hetero) is 1. The first-order valence-electron chi connectivity index (χ1n) is 9.68. The largest absolute Gasteiger partial charge is 0.465 e. The second-order valence-corrected chi connectivity index (χ2v) is 8.72. The number of anilines is 1. The van der Waals surface area contributed by atoms with Crippen LogP contribution in [0.3, 0.4) is 0 Å². The van der Waals surface area contributed by atoms with E-state index in [2.05, 4.69) is 13.0 Å². The summed E-state index contributed by atoms with van der Waals surface area (Å²) in [6.45, 7) is 2.49. The summed E-state index contributed by atoms with van der Waals surface area (Å²) in [4.78, 5) is 25.3. The van der Waals surface area contributed by atoms with Gasteiger partial charge in [0.15, 0.2) is 0 Å². The third kappa shape index (κ3) is 2.65. The molecule has 1 N–H and O–H groups in total. The number of halogens is 1. The van der Waals surface area contributed by atoms with E-state index in [9.17, 15) is 14.7 Å². The minimum absolute atomic E-state index is 0.0981. The number of amides is 1. The average molecular weight is 376 g/mol. The first-order chi connectivity index (χ1) is 12.5. The molecule has 1 aromatic rings. The Balaban J connectivity index is 1.63. The van der Waals surface area contributed by atoms with E-state index in [-0.39, 0.29) is 11.3 Å². The fourth-order valence-corrected chi connectivity index (χ4v) is 6.10. The number of rotatable bonds is 3. The third-order valence-corrected chi connectivity index (χ3v) is 7.44. The minimum atomic E-state index is -0.961. The van der Waals surface area contributed by atoms with E-state index in [1.54, 1.807) is 0 Å². The molecule has 5 heteroatoms. The normalized spacial score (nSPS) is 32.5. The molecule has 0 aromatic heterocycles. The van der Waals surface area contributed by atoms with Crippen LogP contribution in [-0.2, 0) is 11.2 Å². The first kappa shape index (κ1) is 17.8. The van der Waals surface area contributed by atoms with Gasteiger partial charge in [-0.25, -0.2) is 4.79 Å². The average Bonchev–Trinajstić information content (AvgIpc) is 2.94. The smallest absolute Gasteiger partial charge is 0.411 e. The summed E-state index contributed by atoms with van der Waals surface area (Å²) >= 11 is 5.77. The molecule has 0 saturated heterocycles. The Hall–Kier alpha value is -1.55. The Bertz CT molecular complexity index is 749. The van der Waals surface area contributed by atoms with Gasteiger partial charge in [-0.05, 0) is 73.1 Å². The number of benzene rings is 1. The van der Waals surface area contributed by atoms with Gasteiger partial charge in [-0.2, -0.15) is 0 Å². The number of carbonyl (C=O) groups excluding carboxylic acids is 1. The van der Waals surface area contributed by atoms with Crippen LogP contribution in [0.5, 0.6) is 0 Å². The fraction of sp³-hybridized carbons (Fsp3) is 0.619. The van der Waals surface area contributed by atoms with Crippen LogP contribution in [0.1, 0.15) is 56.1 Å². The Labute approximate surface area is 159 Å². The van der Waals surface area contributed by atoms with Crippen LogP contribution in [0.15, 0.2) is 18.2 Å². The molecule has 2 saturated carbocycles. The lowest BCUT2D eigenvalue weighted by Crippen LogP contribution is -2.42. The lowest BCUT2D eigenvalue weighted by atomic mass is 9.55. The van der Waals surface area contributed by atoms with Crippen LogP contribution >= 0.6 is 11.6 Å². The number of nitrogens with zero attached hydrogens (tertiary/aromatic N) is 1. The van der Waals surface area contributed by atoms with Crippen LogP contribution in [-0.4, -0.2) is 29.4 Å². The maximum absolute atomic E-state index is 12.4. The molecule has 0 unspecified atom stereocenters. The van der Waals surface area contributed by atoms with Gasteiger partial charge in [0.25, 0.3) is 0 Å². The topological polar surface area (TPSA) is 57.6 Å². The molecule has 0 aliphatic heterocycles. The zero-order valence-electron chi connectivity index (χ0n) is 15.2. The SMILES string of the molecule is C[C@]12CC[C@@H]3c4ccc(N(CCCl)C(=O)O)cc4CC[C@H]3[C@@H]1CCC2=O. The van der Waals surface area contributed by atoms with Gasteiger partial charge in [0.2, 0.25) is 0 Å². The van der Waals surface area contributed by atoms with Crippen molar-refractivity contribution >= 4 is 29.2 Å². The van der Waals surface area contributed by atoms with Crippen molar-refractivity contribution in [2.24, 2.45) is 17.3 Å². The predicted octanol–water partition coefficient (Wildman–Crippen LogP) is 4.84. The van der Waals surface area contributed by atoms with E-state index in [0.29, 0.717) is 35.8 Å². The van der Waals surface area contributed by atoms with E-state index in [0.717, 1.165) is 38.5 Å². The zero-order valence-corrected chi connectivity index (χ0v) is 16.0. The minimum Gasteiger partial charge on any atom is -0.465 e. The summed E-state index contributed by atoms with van der Waals surface area (Å²) in [5.74, 6) is 2.39. The summed E-state index contributed by atoms with van der Waals surface area (Å²) in [7, 11) is 0. The molecule has 0 bridgehead atoms. The van der Waals surface area contributed by atoms with Gasteiger partial charge >= 0.3 is 6.09 Å². The molecule has 3 aliphatic carbocycles. The second kappa shape index (κ2) is 6.56. The summed E-state index contributed by atoms with van der Waals surface area (Å²) in [5, 5.41) is 9.44. The summed E-state index contributed by atoms with van der Waals surface area (Å²) in [5.41, 5.74) is 3.27. The summed E-state index contributed by atoms with van der Waals surface area (Å²) in [6, 6.07) is 6.10. The van der Waals surface area contributed by atoms with Crippen LogP contribution in [0.4, 0.5) is 10.5 Å². The molecular formula is C21H26ClNO3. The lowest BCUT2D eigenvalue weighted by molar-refractivity contribution is -0.129. The number of hydrogen-bond acceptors (Lipinski definition) is 2. The molecule has 2 fully saturated rings. The number of fused-ring (bicyclic) bond motifs is 5. The van der Waals surface area contributed by atoms with E-state index in [1.165, 1.54) is 16.0 Å². The third-order valence-electron chi connectivity index (χ3n) is 7.27. The van der Waals surface area contributed by atoms with Crippen molar-refractivity contribution in [2.75, 3.05) is 17.3 Å². The molecule has 4 rings (SSSR count). The van der Waals surface area contributed by atoms with Gasteiger partial charge in [-0.15, -0.1) is 11.6 Å². The highest BCUT2D eigenvalue weighted by Gasteiger charge is 2.54. The molecule has 1 amide bonds. The van der Waals surface area contributed by atoms with E-state index < -0.39 is 6.09 Å². The molecule has 140 valence electrons. The van der Waals surface area contributed by atoms with Crippen molar-refractivity contribution in [3.8, 4) is 0 Å². The number of ketones is 1. The van der Waals surface area contributed by atoms with Crippen molar-refractivity contribution in [3.63, 3.8) is 0 Å². The molecule has 1 aromatic carbocycles. The van der Waals surface area contributed by atoms with Crippen molar-refractivity contribution in [1.82, 2.24) is 0 Å². The van der Waals surface area contributed by atoms with Crippen LogP contribution in [0, 0.1) is 17.3 Å². The molecule has 4 atom stereocenters. The van der Waals surface area contributed by atoms with Crippen molar-refractivity contribution in [2.45, 2.75) is 51.4 Å². The van der Waals surface area contributed by atoms with Crippen molar-refractivity contribution in [3.05, 3.63) is 29.3 Å². The van der Waals surface area contributed by atoms with Gasteiger partial charge in [0, 0.05) is 29.9 Å². The Morgan fingerprint density at radius 2 is 2.12 bits per heavy atom. The standard InChI is InChI=1S/C21H26ClNO3/c1-21-9-8-16-15-5-3-14(23(11-10-22)20(25)26)12-13(15)2-4-17(16)18(21)6-7-19(21)24/h3,5,12,16-18H,2,4,6-11H2,1H3,(H,25,26)/t16-,17-,18+,21+/m1/s1. The van der Waals surface area contributed by atoms with Gasteiger partial charge in [-0.3, -0.25) is 9.69 Å². The van der Waals surface area contributed by atoms with E-state index >= 15 is 0 Å². The maximum atomic E-state index is 12.4. The van der Waals surface area contributed by atoms with Gasteiger partial charge in [0.05, 0.1) is 0 Å². The lowest BCUT2D eigenvalue weighted by Gasteiger charge is -2.48. The molecule has 0 heterocycles. The molecule has 4 nitrogen and oxygen atoms in total. The molecule has 26 heavy (non-hydrogen) atoms. The van der Waals surface area contributed by atoms with Gasteiger partial charge < -0.3 is 5.11 Å². The van der Waals surface area contributed by atoms with Crippen molar-refractivity contribution in [1.29, 1.82) is 0 Å². The van der Waals surface area contributed by atoms with E-state index in [4.69, 9.17) is 11.6 Å². The van der Waals surface area contributed by atoms with Crippen molar-refractivity contribution < 1.29 is 14.7 Å². The summed E-state index contributed by atoms with van der Waals surface area (Å²) < 4.78 is 0. The van der Waals surface area contributed by atoms with Crippen LogP contribution < -0.4 is 4.90 Å². The first-order valence-corrected chi connectivity index (χ1v) is 10.2. The predicted molar refractivity (Wildman–Crippen MR) is 102 cm³/mol. The number of hydrogen-bond donors (Lipinski definition) is 1. The number of alkyl halides is 1. The highest BCUT2D eigenvalue weighted by Crippen LogP contribution is 2.59. The Kier molecular flexibility index (Phi) is 4.50. The Morgan fingerprint density at radius 3 is 2.85 bits per heavy atom. The number of aryl methyl sites for hydroxylation is 1. The molecule has 0 spiro atoms. The van der Waals surface area contributed by atoms with E-state index in [1.807, 2.05) is 12.1 Å². The van der Waals surface area contributed by atoms with Gasteiger partial charge in [0.1, 0.15) is 5.78 Å². The Morgan fingerprint density at radius 1 is 1.31 bits per heavy atom. The number of carboxylic acid groups (broad SMARTS) is 1. The fourth-order valence-electron chi connectivity index (χ4n) is 5.93. The maximum Gasteiger partial charge on any atom is 0.411 e. The van der Waals surface area contributed by atoms with Gasteiger partial charge in [-0.1, -0.05) is 13.0 Å². The molecule has 0 radical (unpaired) electrons. The molecule has 3 aliphatic rings. The monoisotopic (exact) mass is 375 g/mol. The van der Waals surface area contributed by atoms with Crippen LogP contribution in [0.25, 0.3) is 0 Å².